The predicted octanol–water partition coefficient (Wildman–Crippen LogP) is 1.61. The Morgan fingerprint density at radius 3 is 2.53 bits per heavy atom. The first-order valence-corrected chi connectivity index (χ1v) is 6.07. The van der Waals surface area contributed by atoms with Gasteiger partial charge in [-0.1, -0.05) is 0 Å². The number of nitrogen functional groups attached to an aromatic ring is 1. The van der Waals surface area contributed by atoms with Gasteiger partial charge in [-0.05, 0) is 20.8 Å². The van der Waals surface area contributed by atoms with E-state index in [-0.39, 0.29) is 11.7 Å². The lowest BCUT2D eigenvalue weighted by atomic mass is 10.2. The Kier molecular flexibility index (Phi) is 5.02. The molecule has 1 heterocycles. The minimum atomic E-state index is -0.925. The Morgan fingerprint density at radius 1 is 1.42 bits per heavy atom. The number of nitrogens with two attached hydrogens (primary N) is 1. The molecule has 0 aliphatic rings. The van der Waals surface area contributed by atoms with Crippen LogP contribution in [0.15, 0.2) is 6.07 Å². The molecule has 0 saturated carbocycles. The lowest BCUT2D eigenvalue weighted by Crippen LogP contribution is -2.41. The van der Waals surface area contributed by atoms with E-state index in [2.05, 4.69) is 10.3 Å². The summed E-state index contributed by atoms with van der Waals surface area (Å²) in [7, 11) is 0. The minimum absolute atomic E-state index is 0.186. The van der Waals surface area contributed by atoms with Crippen LogP contribution in [0, 0.1) is 11.6 Å². The van der Waals surface area contributed by atoms with E-state index in [1.807, 2.05) is 13.8 Å². The van der Waals surface area contributed by atoms with Crippen molar-refractivity contribution >= 4 is 17.5 Å². The molecule has 0 aromatic carbocycles. The lowest BCUT2D eigenvalue weighted by Gasteiger charge is -2.23. The van der Waals surface area contributed by atoms with Crippen LogP contribution in [0.1, 0.15) is 20.8 Å². The maximum atomic E-state index is 13.5. The largest absolute Gasteiger partial charge is 0.381 e. The van der Waals surface area contributed by atoms with Gasteiger partial charge in [0.05, 0.1) is 0 Å². The summed E-state index contributed by atoms with van der Waals surface area (Å²) in [4.78, 5) is 17.1. The van der Waals surface area contributed by atoms with Gasteiger partial charge in [-0.25, -0.2) is 13.8 Å². The van der Waals surface area contributed by atoms with Crippen LogP contribution in [0.2, 0.25) is 0 Å². The summed E-state index contributed by atoms with van der Waals surface area (Å²) < 4.78 is 26.4. The molecule has 0 saturated heterocycles. The van der Waals surface area contributed by atoms with Gasteiger partial charge >= 0.3 is 0 Å². The maximum Gasteiger partial charge on any atom is 0.244 e. The maximum absolute atomic E-state index is 13.5. The van der Waals surface area contributed by atoms with E-state index in [9.17, 15) is 13.6 Å². The first kappa shape index (κ1) is 15.1. The standard InChI is InChI=1S/C12H18F2N4O/c1-4-18(5-2)12(19)7(3)16-11-9(14)6-8(13)10(15)17-11/h6-7H,4-5H2,1-3H3,(H3,15,16,17). The number of hydrogen-bond acceptors (Lipinski definition) is 4. The molecular weight excluding hydrogens is 254 g/mol. The van der Waals surface area contributed by atoms with E-state index in [0.717, 1.165) is 0 Å². The summed E-state index contributed by atoms with van der Waals surface area (Å²) in [6.07, 6.45) is 0. The van der Waals surface area contributed by atoms with Crippen molar-refractivity contribution in [2.75, 3.05) is 24.1 Å². The SMILES string of the molecule is CCN(CC)C(=O)C(C)Nc1nc(N)c(F)cc1F. The Labute approximate surface area is 110 Å². The second-order valence-corrected chi connectivity index (χ2v) is 4.06. The molecule has 1 amide bonds. The fraction of sp³-hybridized carbons (Fsp3) is 0.500. The number of amides is 1. The van der Waals surface area contributed by atoms with E-state index >= 15 is 0 Å². The zero-order chi connectivity index (χ0) is 14.6. The predicted molar refractivity (Wildman–Crippen MR) is 69.6 cm³/mol. The number of halogens is 2. The van der Waals surface area contributed by atoms with E-state index < -0.39 is 23.5 Å². The van der Waals surface area contributed by atoms with Crippen molar-refractivity contribution in [3.05, 3.63) is 17.7 Å². The summed E-state index contributed by atoms with van der Waals surface area (Å²) in [5.74, 6) is -2.64. The molecule has 3 N–H and O–H groups in total. The molecule has 1 aromatic rings. The number of rotatable bonds is 5. The summed E-state index contributed by atoms with van der Waals surface area (Å²) in [6.45, 7) is 6.40. The van der Waals surface area contributed by atoms with Crippen molar-refractivity contribution < 1.29 is 13.6 Å². The van der Waals surface area contributed by atoms with Crippen LogP contribution in [-0.4, -0.2) is 34.9 Å². The van der Waals surface area contributed by atoms with Crippen molar-refractivity contribution in [1.29, 1.82) is 0 Å². The van der Waals surface area contributed by atoms with Gasteiger partial charge in [-0.3, -0.25) is 4.79 Å². The molecule has 1 rings (SSSR count). The molecule has 1 unspecified atom stereocenters. The molecule has 5 nitrogen and oxygen atoms in total. The van der Waals surface area contributed by atoms with Gasteiger partial charge in [0.2, 0.25) is 5.91 Å². The number of anilines is 2. The fourth-order valence-corrected chi connectivity index (χ4v) is 1.66. The van der Waals surface area contributed by atoms with Crippen LogP contribution in [-0.2, 0) is 4.79 Å². The molecule has 0 bridgehead atoms. The first-order valence-electron chi connectivity index (χ1n) is 6.07. The Balaban J connectivity index is 2.85. The number of hydrogen-bond donors (Lipinski definition) is 2. The van der Waals surface area contributed by atoms with Crippen LogP contribution in [0.4, 0.5) is 20.4 Å². The zero-order valence-corrected chi connectivity index (χ0v) is 11.2. The van der Waals surface area contributed by atoms with Gasteiger partial charge in [-0.15, -0.1) is 0 Å². The minimum Gasteiger partial charge on any atom is -0.381 e. The quantitative estimate of drug-likeness (QED) is 0.854. The van der Waals surface area contributed by atoms with Gasteiger partial charge in [0, 0.05) is 19.2 Å². The summed E-state index contributed by atoms with van der Waals surface area (Å²) >= 11 is 0. The summed E-state index contributed by atoms with van der Waals surface area (Å²) in [6, 6.07) is -0.0361. The fourth-order valence-electron chi connectivity index (χ4n) is 1.66. The van der Waals surface area contributed by atoms with Crippen LogP contribution < -0.4 is 11.1 Å². The highest BCUT2D eigenvalue weighted by Crippen LogP contribution is 2.17. The van der Waals surface area contributed by atoms with Crippen molar-refractivity contribution in [2.45, 2.75) is 26.8 Å². The third-order valence-electron chi connectivity index (χ3n) is 2.76. The monoisotopic (exact) mass is 272 g/mol. The van der Waals surface area contributed by atoms with Crippen LogP contribution in [0.5, 0.6) is 0 Å². The highest BCUT2D eigenvalue weighted by molar-refractivity contribution is 5.84. The Bertz CT molecular complexity index is 463. The molecule has 0 spiro atoms. The van der Waals surface area contributed by atoms with Gasteiger partial charge in [0.25, 0.3) is 0 Å². The van der Waals surface area contributed by atoms with Gasteiger partial charge in [0.15, 0.2) is 23.3 Å². The molecule has 106 valence electrons. The Morgan fingerprint density at radius 2 is 2.00 bits per heavy atom. The van der Waals surface area contributed by atoms with Crippen LogP contribution in [0.3, 0.4) is 0 Å². The average Bonchev–Trinajstić information content (AvgIpc) is 2.37. The number of likely N-dealkylation sites (N-methyl/N-ethyl adjacent to an activating group) is 1. The van der Waals surface area contributed by atoms with Crippen molar-refractivity contribution in [2.24, 2.45) is 0 Å². The lowest BCUT2D eigenvalue weighted by molar-refractivity contribution is -0.131. The van der Waals surface area contributed by atoms with Crippen LogP contribution >= 0.6 is 0 Å². The van der Waals surface area contributed by atoms with E-state index in [1.54, 1.807) is 11.8 Å². The third kappa shape index (κ3) is 3.52. The second-order valence-electron chi connectivity index (χ2n) is 4.06. The normalized spacial score (nSPS) is 12.1. The van der Waals surface area contributed by atoms with Crippen LogP contribution in [0.25, 0.3) is 0 Å². The molecule has 7 heteroatoms. The molecule has 1 aromatic heterocycles. The van der Waals surface area contributed by atoms with Gasteiger partial charge in [-0.2, -0.15) is 0 Å². The number of nitrogens with one attached hydrogen (secondary N) is 1. The zero-order valence-electron chi connectivity index (χ0n) is 11.2. The number of nitrogens with zero attached hydrogens (tertiary/aromatic N) is 2. The average molecular weight is 272 g/mol. The highest BCUT2D eigenvalue weighted by atomic mass is 19.1. The topological polar surface area (TPSA) is 71.2 Å². The molecule has 0 aliphatic heterocycles. The van der Waals surface area contributed by atoms with Gasteiger partial charge in [0.1, 0.15) is 6.04 Å². The van der Waals surface area contributed by atoms with Crippen molar-refractivity contribution in [3.63, 3.8) is 0 Å². The van der Waals surface area contributed by atoms with Gasteiger partial charge < -0.3 is 16.0 Å². The summed E-state index contributed by atoms with van der Waals surface area (Å²) in [5, 5.41) is 2.60. The summed E-state index contributed by atoms with van der Waals surface area (Å²) in [5.41, 5.74) is 5.27. The van der Waals surface area contributed by atoms with Crippen molar-refractivity contribution in [3.8, 4) is 0 Å². The first-order chi connectivity index (χ1) is 8.90. The number of carbonyl (C=O) groups is 1. The number of pyridine rings is 1. The van der Waals surface area contributed by atoms with E-state index in [0.29, 0.717) is 19.2 Å². The number of carbonyl (C=O) groups excluding carboxylic acids is 1. The molecule has 1 atom stereocenters. The van der Waals surface area contributed by atoms with E-state index in [1.165, 1.54) is 0 Å². The second kappa shape index (κ2) is 6.31. The third-order valence-corrected chi connectivity index (χ3v) is 2.76. The smallest absolute Gasteiger partial charge is 0.244 e. The Hall–Kier alpha value is -1.92. The molecule has 0 fully saturated rings. The molecule has 0 aliphatic carbocycles. The highest BCUT2D eigenvalue weighted by Gasteiger charge is 2.20. The van der Waals surface area contributed by atoms with E-state index in [4.69, 9.17) is 5.73 Å². The molecule has 19 heavy (non-hydrogen) atoms. The molecular formula is C12H18F2N4O. The number of aromatic nitrogens is 1. The van der Waals surface area contributed by atoms with Crippen molar-refractivity contribution in [1.82, 2.24) is 9.88 Å². The molecule has 0 radical (unpaired) electrons.